The van der Waals surface area contributed by atoms with Crippen LogP contribution in [-0.4, -0.2) is 83.6 Å². The molecule has 30 heavy (non-hydrogen) atoms. The summed E-state index contributed by atoms with van der Waals surface area (Å²) in [5.74, 6) is -1.79. The summed E-state index contributed by atoms with van der Waals surface area (Å²) in [6.45, 7) is 0. The molecule has 0 fully saturated rings. The summed E-state index contributed by atoms with van der Waals surface area (Å²) in [6, 6.07) is -3.84. The lowest BCUT2D eigenvalue weighted by molar-refractivity contribution is -0.162. The molecule has 174 valence electrons. The third kappa shape index (κ3) is 13.0. The van der Waals surface area contributed by atoms with Gasteiger partial charge in [0, 0.05) is 11.5 Å². The Morgan fingerprint density at radius 3 is 1.23 bits per heavy atom. The zero-order valence-electron chi connectivity index (χ0n) is 16.9. The molecular weight excluding hydrogens is 472 g/mol. The molecule has 0 aromatic rings. The van der Waals surface area contributed by atoms with Gasteiger partial charge in [-0.15, -0.1) is 0 Å². The van der Waals surface area contributed by atoms with E-state index in [1.54, 1.807) is 0 Å². The molecular formula is C16H30N4O6S4. The van der Waals surface area contributed by atoms with Gasteiger partial charge in [-0.25, -0.2) is 19.2 Å². The first kappa shape index (κ1) is 29.5. The van der Waals surface area contributed by atoms with Crippen LogP contribution < -0.4 is 22.9 Å². The van der Waals surface area contributed by atoms with E-state index in [-0.39, 0.29) is 11.5 Å². The lowest BCUT2D eigenvalue weighted by Gasteiger charge is -2.14. The van der Waals surface area contributed by atoms with Crippen molar-refractivity contribution in [2.24, 2.45) is 22.9 Å². The third-order valence-electron chi connectivity index (χ3n) is 3.46. The monoisotopic (exact) mass is 502 g/mol. The van der Waals surface area contributed by atoms with Crippen molar-refractivity contribution in [3.8, 4) is 0 Å². The van der Waals surface area contributed by atoms with Crippen molar-refractivity contribution in [2.75, 3.05) is 35.5 Å². The van der Waals surface area contributed by atoms with Crippen LogP contribution >= 0.6 is 45.1 Å². The fourth-order valence-corrected chi connectivity index (χ4v) is 4.80. The number of thioether (sulfide) groups is 2. The number of ether oxygens (including phenoxy) is 2. The molecule has 0 aliphatic heterocycles. The van der Waals surface area contributed by atoms with Crippen molar-refractivity contribution in [1.82, 2.24) is 0 Å². The summed E-state index contributed by atoms with van der Waals surface area (Å²) in [4.78, 5) is 47.1. The van der Waals surface area contributed by atoms with Crippen LogP contribution in [0.2, 0.25) is 0 Å². The normalized spacial score (nSPS) is 15.0. The number of nitrogens with two attached hydrogens (primary N) is 4. The van der Waals surface area contributed by atoms with Crippen LogP contribution in [-0.2, 0) is 28.7 Å². The Morgan fingerprint density at radius 2 is 0.933 bits per heavy atom. The van der Waals surface area contributed by atoms with Crippen molar-refractivity contribution in [2.45, 2.75) is 37.0 Å². The molecule has 10 nitrogen and oxygen atoms in total. The highest BCUT2D eigenvalue weighted by molar-refractivity contribution is 8.76. The topological polar surface area (TPSA) is 191 Å². The number of hydrogen-bond acceptors (Lipinski definition) is 14. The van der Waals surface area contributed by atoms with Gasteiger partial charge in [-0.05, 0) is 36.9 Å². The van der Waals surface area contributed by atoms with E-state index in [1.807, 2.05) is 12.5 Å². The molecule has 4 atom stereocenters. The van der Waals surface area contributed by atoms with Gasteiger partial charge in [-0.3, -0.25) is 0 Å². The Bertz CT molecular complexity index is 524. The number of rotatable bonds is 15. The Kier molecular flexibility index (Phi) is 16.8. The van der Waals surface area contributed by atoms with Crippen molar-refractivity contribution in [1.29, 1.82) is 0 Å². The fourth-order valence-electron chi connectivity index (χ4n) is 1.61. The van der Waals surface area contributed by atoms with E-state index in [4.69, 9.17) is 22.9 Å². The SMILES string of the molecule is CSCC[C@H](N)C(=O)OC(=O)[C@@H](N)CSSC[C@H](N)C(=O)OC(=O)[C@@H](N)CCSC. The van der Waals surface area contributed by atoms with Crippen LogP contribution in [0.4, 0.5) is 0 Å². The maximum absolute atomic E-state index is 11.8. The Hall–Kier alpha value is -0.480. The van der Waals surface area contributed by atoms with Crippen LogP contribution in [0, 0.1) is 0 Å². The van der Waals surface area contributed by atoms with Crippen LogP contribution in [0.25, 0.3) is 0 Å². The summed E-state index contributed by atoms with van der Waals surface area (Å²) >= 11 is 3.05. The molecule has 0 radical (unpaired) electrons. The molecule has 0 heterocycles. The number of carbonyl (C=O) groups excluding carboxylic acids is 4. The van der Waals surface area contributed by atoms with Gasteiger partial charge < -0.3 is 32.4 Å². The van der Waals surface area contributed by atoms with Crippen LogP contribution in [0.3, 0.4) is 0 Å². The molecule has 0 saturated heterocycles. The third-order valence-corrected chi connectivity index (χ3v) is 7.22. The molecule has 0 aromatic heterocycles. The predicted octanol–water partition coefficient (Wildman–Crippen LogP) is -0.677. The molecule has 0 amide bonds. The van der Waals surface area contributed by atoms with E-state index in [1.165, 1.54) is 45.1 Å². The minimum atomic E-state index is -1.04. The van der Waals surface area contributed by atoms with Crippen molar-refractivity contribution in [3.05, 3.63) is 0 Å². The van der Waals surface area contributed by atoms with E-state index in [0.29, 0.717) is 24.3 Å². The first-order chi connectivity index (χ1) is 14.1. The van der Waals surface area contributed by atoms with Crippen molar-refractivity contribution in [3.63, 3.8) is 0 Å². The number of carbonyl (C=O) groups is 4. The molecule has 14 heteroatoms. The molecule has 0 saturated carbocycles. The second-order valence-electron chi connectivity index (χ2n) is 6.04. The molecule has 0 aliphatic rings. The smallest absolute Gasteiger partial charge is 0.331 e. The van der Waals surface area contributed by atoms with Gasteiger partial charge in [0.15, 0.2) is 0 Å². The number of hydrogen-bond donors (Lipinski definition) is 4. The maximum atomic E-state index is 11.8. The lowest BCUT2D eigenvalue weighted by Crippen LogP contribution is -2.41. The molecule has 8 N–H and O–H groups in total. The predicted molar refractivity (Wildman–Crippen MR) is 125 cm³/mol. The average molecular weight is 503 g/mol. The molecule has 0 aromatic carbocycles. The molecule has 0 unspecified atom stereocenters. The molecule has 0 rings (SSSR count). The van der Waals surface area contributed by atoms with Gasteiger partial charge in [0.2, 0.25) is 0 Å². The average Bonchev–Trinajstić information content (AvgIpc) is 2.72. The van der Waals surface area contributed by atoms with Gasteiger partial charge in [-0.2, -0.15) is 23.5 Å². The van der Waals surface area contributed by atoms with E-state index in [2.05, 4.69) is 9.47 Å². The van der Waals surface area contributed by atoms with Crippen LogP contribution in [0.15, 0.2) is 0 Å². The molecule has 0 bridgehead atoms. The lowest BCUT2D eigenvalue weighted by atomic mass is 10.2. The summed E-state index contributed by atoms with van der Waals surface area (Å²) in [7, 11) is 2.33. The summed E-state index contributed by atoms with van der Waals surface area (Å²) in [6.07, 6.45) is 4.54. The molecule has 0 aliphatic carbocycles. The second kappa shape index (κ2) is 17.1. The summed E-state index contributed by atoms with van der Waals surface area (Å²) in [5.41, 5.74) is 22.6. The van der Waals surface area contributed by atoms with E-state index >= 15 is 0 Å². The van der Waals surface area contributed by atoms with E-state index < -0.39 is 48.0 Å². The molecule has 0 spiro atoms. The Labute approximate surface area is 192 Å². The highest BCUT2D eigenvalue weighted by Gasteiger charge is 2.25. The Balaban J connectivity index is 4.13. The standard InChI is InChI=1S/C16H30N4O6S4/c1-27-5-3-9(17)13(21)25-15(23)11(19)7-29-30-8-12(20)16(24)26-14(22)10(18)4-6-28-2/h9-12H,3-8,17-20H2,1-2H3/t9-,10-,11-,12-/m0/s1. The number of esters is 4. The fraction of sp³-hybridized carbons (Fsp3) is 0.750. The van der Waals surface area contributed by atoms with Gasteiger partial charge in [0.1, 0.15) is 24.2 Å². The minimum absolute atomic E-state index is 0.122. The Morgan fingerprint density at radius 1 is 0.633 bits per heavy atom. The first-order valence-corrected chi connectivity index (χ1v) is 14.2. The van der Waals surface area contributed by atoms with Gasteiger partial charge in [-0.1, -0.05) is 21.6 Å². The minimum Gasteiger partial charge on any atom is -0.391 e. The van der Waals surface area contributed by atoms with Gasteiger partial charge in [0.05, 0.1) is 0 Å². The van der Waals surface area contributed by atoms with Gasteiger partial charge >= 0.3 is 23.9 Å². The highest BCUT2D eigenvalue weighted by Crippen LogP contribution is 2.22. The summed E-state index contributed by atoms with van der Waals surface area (Å²) < 4.78 is 9.34. The quantitative estimate of drug-likeness (QED) is 0.0952. The van der Waals surface area contributed by atoms with Crippen LogP contribution in [0.1, 0.15) is 12.8 Å². The van der Waals surface area contributed by atoms with Gasteiger partial charge in [0.25, 0.3) is 0 Å². The second-order valence-corrected chi connectivity index (χ2v) is 10.6. The van der Waals surface area contributed by atoms with Crippen LogP contribution in [0.5, 0.6) is 0 Å². The van der Waals surface area contributed by atoms with Crippen molar-refractivity contribution < 1.29 is 28.7 Å². The zero-order chi connectivity index (χ0) is 23.1. The van der Waals surface area contributed by atoms with Crippen molar-refractivity contribution >= 4 is 69.0 Å². The zero-order valence-corrected chi connectivity index (χ0v) is 20.2. The summed E-state index contributed by atoms with van der Waals surface area (Å²) in [5, 5.41) is 0. The van der Waals surface area contributed by atoms with E-state index in [0.717, 1.165) is 0 Å². The first-order valence-electron chi connectivity index (χ1n) is 8.89. The largest absolute Gasteiger partial charge is 0.391 e. The maximum Gasteiger partial charge on any atom is 0.331 e. The van der Waals surface area contributed by atoms with E-state index in [9.17, 15) is 19.2 Å². The highest BCUT2D eigenvalue weighted by atomic mass is 33.1.